The zero-order valence-electron chi connectivity index (χ0n) is 17.6. The van der Waals surface area contributed by atoms with Crippen LogP contribution in [0, 0.1) is 6.92 Å². The third-order valence-corrected chi connectivity index (χ3v) is 4.94. The number of aliphatic imine (C=N–C) groups is 1. The first-order valence-corrected chi connectivity index (χ1v) is 10.1. The van der Waals surface area contributed by atoms with Crippen molar-refractivity contribution in [2.24, 2.45) is 4.99 Å². The molecule has 1 saturated heterocycles. The zero-order chi connectivity index (χ0) is 20.5. The second-order valence-corrected chi connectivity index (χ2v) is 7.12. The summed E-state index contributed by atoms with van der Waals surface area (Å²) in [6.07, 6.45) is 4.47. The molecule has 30 heavy (non-hydrogen) atoms. The van der Waals surface area contributed by atoms with E-state index in [2.05, 4.69) is 30.8 Å². The van der Waals surface area contributed by atoms with E-state index in [0.29, 0.717) is 31.3 Å². The lowest BCUT2D eigenvalue weighted by Crippen LogP contribution is -2.43. The van der Waals surface area contributed by atoms with Gasteiger partial charge in [0.25, 0.3) is 0 Å². The Morgan fingerprint density at radius 2 is 2.03 bits per heavy atom. The molecule has 9 heteroatoms. The van der Waals surface area contributed by atoms with Crippen LogP contribution in [-0.2, 0) is 4.79 Å². The van der Waals surface area contributed by atoms with Crippen LogP contribution >= 0.6 is 24.0 Å². The number of aryl methyl sites for hydroxylation is 1. The lowest BCUT2D eigenvalue weighted by atomic mass is 10.2. The number of nitrogens with zero attached hydrogens (tertiary/aromatic N) is 3. The van der Waals surface area contributed by atoms with Crippen LogP contribution in [0.1, 0.15) is 36.8 Å². The first-order valence-electron chi connectivity index (χ1n) is 10.1. The molecule has 164 valence electrons. The Kier molecular flexibility index (Phi) is 10.1. The van der Waals surface area contributed by atoms with Gasteiger partial charge in [0, 0.05) is 32.3 Å². The van der Waals surface area contributed by atoms with Crippen LogP contribution in [0.4, 0.5) is 5.82 Å². The van der Waals surface area contributed by atoms with Crippen molar-refractivity contribution in [2.75, 3.05) is 38.5 Å². The quantitative estimate of drug-likeness (QED) is 0.278. The van der Waals surface area contributed by atoms with Crippen molar-refractivity contribution in [2.45, 2.75) is 32.2 Å². The van der Waals surface area contributed by atoms with Gasteiger partial charge in [-0.3, -0.25) is 14.7 Å². The number of carbonyl (C=O) groups is 1. The Hall–Kier alpha value is -2.14. The Balaban J connectivity index is 0.00000320. The van der Waals surface area contributed by atoms with Crippen molar-refractivity contribution in [3.63, 3.8) is 0 Å². The van der Waals surface area contributed by atoms with E-state index in [1.165, 1.54) is 12.8 Å². The van der Waals surface area contributed by atoms with Crippen molar-refractivity contribution in [3.05, 3.63) is 48.0 Å². The van der Waals surface area contributed by atoms with E-state index in [4.69, 9.17) is 4.42 Å². The maximum absolute atomic E-state index is 12.1. The summed E-state index contributed by atoms with van der Waals surface area (Å²) >= 11 is 0. The summed E-state index contributed by atoms with van der Waals surface area (Å²) < 4.78 is 5.65. The van der Waals surface area contributed by atoms with Crippen LogP contribution in [0.15, 0.2) is 46.0 Å². The van der Waals surface area contributed by atoms with Crippen molar-refractivity contribution in [1.29, 1.82) is 0 Å². The summed E-state index contributed by atoms with van der Waals surface area (Å²) in [5, 5.41) is 9.37. The second kappa shape index (κ2) is 12.5. The monoisotopic (exact) mass is 526 g/mol. The zero-order valence-corrected chi connectivity index (χ0v) is 19.9. The number of rotatable bonds is 8. The highest BCUT2D eigenvalue weighted by atomic mass is 127. The molecule has 0 aromatic carbocycles. The maximum atomic E-state index is 12.1. The van der Waals surface area contributed by atoms with Gasteiger partial charge < -0.3 is 20.4 Å². The van der Waals surface area contributed by atoms with E-state index >= 15 is 0 Å². The number of hydrogen-bond donors (Lipinski definition) is 3. The van der Waals surface area contributed by atoms with Crippen LogP contribution in [0.2, 0.25) is 0 Å². The highest BCUT2D eigenvalue weighted by molar-refractivity contribution is 14.0. The minimum Gasteiger partial charge on any atom is -0.468 e. The minimum atomic E-state index is -0.0865. The van der Waals surface area contributed by atoms with Crippen LogP contribution in [0.3, 0.4) is 0 Å². The van der Waals surface area contributed by atoms with Gasteiger partial charge in [-0.05, 0) is 57.1 Å². The van der Waals surface area contributed by atoms with Gasteiger partial charge in [-0.1, -0.05) is 6.07 Å². The predicted molar refractivity (Wildman–Crippen MR) is 129 cm³/mol. The van der Waals surface area contributed by atoms with E-state index < -0.39 is 0 Å². The fourth-order valence-electron chi connectivity index (χ4n) is 3.47. The second-order valence-electron chi connectivity index (χ2n) is 7.12. The lowest BCUT2D eigenvalue weighted by Gasteiger charge is -2.26. The van der Waals surface area contributed by atoms with Gasteiger partial charge in [0.1, 0.15) is 11.6 Å². The van der Waals surface area contributed by atoms with E-state index in [9.17, 15) is 4.79 Å². The molecule has 0 bridgehead atoms. The van der Waals surface area contributed by atoms with E-state index in [1.807, 2.05) is 31.2 Å². The number of anilines is 1. The predicted octanol–water partition coefficient (Wildman–Crippen LogP) is 2.93. The van der Waals surface area contributed by atoms with Crippen LogP contribution < -0.4 is 16.0 Å². The topological polar surface area (TPSA) is 94.8 Å². The number of nitrogens with one attached hydrogen (secondary N) is 3. The van der Waals surface area contributed by atoms with Gasteiger partial charge in [-0.25, -0.2) is 4.98 Å². The van der Waals surface area contributed by atoms with Gasteiger partial charge in [0.2, 0.25) is 5.91 Å². The first kappa shape index (κ1) is 24.1. The van der Waals surface area contributed by atoms with E-state index in [-0.39, 0.29) is 35.9 Å². The molecule has 1 amide bonds. The summed E-state index contributed by atoms with van der Waals surface area (Å²) in [5.41, 5.74) is 0.870. The molecule has 0 aliphatic carbocycles. The number of amides is 1. The molecule has 2 aromatic heterocycles. The summed E-state index contributed by atoms with van der Waals surface area (Å²) in [6, 6.07) is 9.66. The summed E-state index contributed by atoms with van der Waals surface area (Å²) in [7, 11) is 1.73. The van der Waals surface area contributed by atoms with Crippen LogP contribution in [-0.4, -0.2) is 55.0 Å². The van der Waals surface area contributed by atoms with Gasteiger partial charge in [0.15, 0.2) is 5.96 Å². The molecule has 2 aromatic rings. The molecule has 3 heterocycles. The highest BCUT2D eigenvalue weighted by Gasteiger charge is 2.25. The number of carbonyl (C=O) groups excluding carboxylic acids is 1. The molecule has 8 nitrogen and oxygen atoms in total. The molecule has 1 atom stereocenters. The summed E-state index contributed by atoms with van der Waals surface area (Å²) in [6.45, 7) is 5.21. The normalized spacial score (nSPS) is 15.3. The number of hydrogen-bond acceptors (Lipinski definition) is 5. The Labute approximate surface area is 194 Å². The lowest BCUT2D eigenvalue weighted by molar-refractivity contribution is -0.116. The van der Waals surface area contributed by atoms with Gasteiger partial charge in [0.05, 0.1) is 12.3 Å². The third-order valence-electron chi connectivity index (χ3n) is 4.94. The fourth-order valence-corrected chi connectivity index (χ4v) is 3.47. The summed E-state index contributed by atoms with van der Waals surface area (Å²) in [4.78, 5) is 23.1. The van der Waals surface area contributed by atoms with E-state index in [0.717, 1.165) is 24.5 Å². The molecular weight excluding hydrogens is 495 g/mol. The number of likely N-dealkylation sites (tertiary alicyclic amines) is 1. The maximum Gasteiger partial charge on any atom is 0.227 e. The molecule has 3 N–H and O–H groups in total. The van der Waals surface area contributed by atoms with Crippen molar-refractivity contribution in [3.8, 4) is 0 Å². The smallest absolute Gasteiger partial charge is 0.227 e. The Morgan fingerprint density at radius 3 is 2.70 bits per heavy atom. The molecule has 0 spiro atoms. The van der Waals surface area contributed by atoms with Crippen molar-refractivity contribution >= 4 is 41.7 Å². The SMILES string of the molecule is CN=C(NCCC(=O)Nc1cccc(C)n1)NCC(c1ccco1)N1CCCC1.I. The molecular formula is C21H31IN6O2. The van der Waals surface area contributed by atoms with E-state index in [1.54, 1.807) is 19.4 Å². The molecule has 1 aliphatic heterocycles. The third kappa shape index (κ3) is 7.28. The fraction of sp³-hybridized carbons (Fsp3) is 0.476. The first-order chi connectivity index (χ1) is 14.2. The average Bonchev–Trinajstić information content (AvgIpc) is 3.41. The average molecular weight is 526 g/mol. The van der Waals surface area contributed by atoms with Crippen LogP contribution in [0.25, 0.3) is 0 Å². The molecule has 0 saturated carbocycles. The summed E-state index contributed by atoms with van der Waals surface area (Å²) in [5.74, 6) is 2.11. The van der Waals surface area contributed by atoms with Gasteiger partial charge in [-0.15, -0.1) is 24.0 Å². The Bertz CT molecular complexity index is 806. The van der Waals surface area contributed by atoms with Crippen molar-refractivity contribution < 1.29 is 9.21 Å². The number of pyridine rings is 1. The number of halogens is 1. The number of aromatic nitrogens is 1. The van der Waals surface area contributed by atoms with Gasteiger partial charge >= 0.3 is 0 Å². The standard InChI is InChI=1S/C21H30N6O2.HI/c1-16-7-5-9-19(25-16)26-20(28)10-11-23-21(22-2)24-15-17(18-8-6-14-29-18)27-12-3-4-13-27;/h5-9,14,17H,3-4,10-13,15H2,1-2H3,(H2,22,23,24)(H,25,26,28);1H. The Morgan fingerprint density at radius 1 is 1.23 bits per heavy atom. The highest BCUT2D eigenvalue weighted by Crippen LogP contribution is 2.24. The molecule has 0 radical (unpaired) electrons. The molecule has 3 rings (SSSR count). The minimum absolute atomic E-state index is 0. The largest absolute Gasteiger partial charge is 0.468 e. The molecule has 1 aliphatic rings. The number of guanidine groups is 1. The number of furan rings is 1. The van der Waals surface area contributed by atoms with Crippen LogP contribution in [0.5, 0.6) is 0 Å². The molecule has 1 unspecified atom stereocenters. The van der Waals surface area contributed by atoms with Crippen molar-refractivity contribution in [1.82, 2.24) is 20.5 Å². The molecule has 1 fully saturated rings. The van der Waals surface area contributed by atoms with Gasteiger partial charge in [-0.2, -0.15) is 0 Å².